The SMILES string of the molecule is COC(=O)[C@@]1(CC(=O)N2CCC[C@H](C)C2)C(=O)C[C@H]2CC[C@H]1N2Cc1ccc(F)cc1. The van der Waals surface area contributed by atoms with E-state index in [2.05, 4.69) is 11.8 Å². The van der Waals surface area contributed by atoms with Crippen molar-refractivity contribution in [3.05, 3.63) is 35.6 Å². The Morgan fingerprint density at radius 3 is 2.61 bits per heavy atom. The molecular formula is C24H31FN2O4. The van der Waals surface area contributed by atoms with E-state index in [0.717, 1.165) is 24.8 Å². The van der Waals surface area contributed by atoms with E-state index in [4.69, 9.17) is 4.74 Å². The molecule has 168 valence electrons. The Hall–Kier alpha value is -2.28. The molecule has 4 atom stereocenters. The van der Waals surface area contributed by atoms with E-state index in [0.29, 0.717) is 32.0 Å². The summed E-state index contributed by atoms with van der Waals surface area (Å²) in [5.41, 5.74) is -0.554. The third kappa shape index (κ3) is 4.00. The highest BCUT2D eigenvalue weighted by atomic mass is 19.1. The van der Waals surface area contributed by atoms with Gasteiger partial charge in [0.15, 0.2) is 11.2 Å². The van der Waals surface area contributed by atoms with E-state index in [-0.39, 0.29) is 42.4 Å². The summed E-state index contributed by atoms with van der Waals surface area (Å²) < 4.78 is 18.5. The Morgan fingerprint density at radius 1 is 1.19 bits per heavy atom. The summed E-state index contributed by atoms with van der Waals surface area (Å²) in [5, 5.41) is 0. The number of halogens is 1. The Morgan fingerprint density at radius 2 is 1.94 bits per heavy atom. The van der Waals surface area contributed by atoms with E-state index >= 15 is 0 Å². The monoisotopic (exact) mass is 430 g/mol. The Balaban J connectivity index is 1.63. The molecule has 3 heterocycles. The lowest BCUT2D eigenvalue weighted by Crippen LogP contribution is -2.61. The lowest BCUT2D eigenvalue weighted by Gasteiger charge is -2.46. The largest absolute Gasteiger partial charge is 0.468 e. The number of ether oxygens (including phenoxy) is 1. The van der Waals surface area contributed by atoms with Crippen LogP contribution in [-0.4, -0.2) is 59.7 Å². The summed E-state index contributed by atoms with van der Waals surface area (Å²) in [6.07, 6.45) is 3.58. The van der Waals surface area contributed by atoms with Gasteiger partial charge in [-0.3, -0.25) is 19.3 Å². The molecule has 3 aliphatic heterocycles. The van der Waals surface area contributed by atoms with E-state index in [1.54, 1.807) is 17.0 Å². The highest BCUT2D eigenvalue weighted by Crippen LogP contribution is 2.48. The molecule has 0 radical (unpaired) electrons. The number of esters is 1. The van der Waals surface area contributed by atoms with E-state index in [1.807, 2.05) is 0 Å². The van der Waals surface area contributed by atoms with Gasteiger partial charge in [-0.25, -0.2) is 4.39 Å². The third-order valence-electron chi connectivity index (χ3n) is 7.40. The molecule has 2 bridgehead atoms. The van der Waals surface area contributed by atoms with Crippen LogP contribution in [0.5, 0.6) is 0 Å². The number of carbonyl (C=O) groups is 3. The van der Waals surface area contributed by atoms with Crippen LogP contribution in [0.1, 0.15) is 51.0 Å². The van der Waals surface area contributed by atoms with Crippen LogP contribution in [0.4, 0.5) is 4.39 Å². The lowest BCUT2D eigenvalue weighted by atomic mass is 9.69. The van der Waals surface area contributed by atoms with Crippen molar-refractivity contribution in [1.29, 1.82) is 0 Å². The molecule has 0 spiro atoms. The maximum Gasteiger partial charge on any atom is 0.321 e. The van der Waals surface area contributed by atoms with Gasteiger partial charge in [0, 0.05) is 38.1 Å². The average molecular weight is 431 g/mol. The number of likely N-dealkylation sites (tertiary alicyclic amines) is 1. The minimum Gasteiger partial charge on any atom is -0.468 e. The zero-order chi connectivity index (χ0) is 22.2. The molecule has 3 aliphatic rings. The van der Waals surface area contributed by atoms with Crippen molar-refractivity contribution in [3.8, 4) is 0 Å². The first kappa shape index (κ1) is 21.9. The minimum absolute atomic E-state index is 0.0328. The Kier molecular flexibility index (Phi) is 6.15. The number of fused-ring (bicyclic) bond motifs is 2. The molecule has 7 heteroatoms. The molecule has 0 aliphatic carbocycles. The van der Waals surface area contributed by atoms with E-state index in [9.17, 15) is 18.8 Å². The van der Waals surface area contributed by atoms with Crippen LogP contribution in [0.3, 0.4) is 0 Å². The molecular weight excluding hydrogens is 399 g/mol. The van der Waals surface area contributed by atoms with Crippen LogP contribution >= 0.6 is 0 Å². The van der Waals surface area contributed by atoms with Crippen LogP contribution in [0.15, 0.2) is 24.3 Å². The van der Waals surface area contributed by atoms with Crippen LogP contribution in [0, 0.1) is 17.2 Å². The van der Waals surface area contributed by atoms with Crippen LogP contribution in [0.25, 0.3) is 0 Å². The second-order valence-electron chi connectivity index (χ2n) is 9.40. The van der Waals surface area contributed by atoms with Gasteiger partial charge in [0.1, 0.15) is 5.82 Å². The quantitative estimate of drug-likeness (QED) is 0.531. The lowest BCUT2D eigenvalue weighted by molar-refractivity contribution is -0.171. The fourth-order valence-electron chi connectivity index (χ4n) is 5.79. The van der Waals surface area contributed by atoms with Crippen LogP contribution < -0.4 is 0 Å². The number of piperidine rings is 2. The molecule has 0 N–H and O–H groups in total. The average Bonchev–Trinajstić information content (AvgIpc) is 3.07. The second kappa shape index (κ2) is 8.69. The molecule has 0 aromatic heterocycles. The molecule has 1 aromatic rings. The topological polar surface area (TPSA) is 66.9 Å². The first-order chi connectivity index (χ1) is 14.8. The summed E-state index contributed by atoms with van der Waals surface area (Å²) in [7, 11) is 1.29. The smallest absolute Gasteiger partial charge is 0.321 e. The molecule has 0 unspecified atom stereocenters. The molecule has 1 aromatic carbocycles. The third-order valence-corrected chi connectivity index (χ3v) is 7.40. The number of hydrogen-bond donors (Lipinski definition) is 0. The molecule has 1 amide bonds. The van der Waals surface area contributed by atoms with Gasteiger partial charge in [0.2, 0.25) is 5.91 Å². The number of benzene rings is 1. The van der Waals surface area contributed by atoms with Crippen molar-refractivity contribution < 1.29 is 23.5 Å². The first-order valence-corrected chi connectivity index (χ1v) is 11.2. The Bertz CT molecular complexity index is 858. The van der Waals surface area contributed by atoms with Crippen molar-refractivity contribution in [2.75, 3.05) is 20.2 Å². The van der Waals surface area contributed by atoms with Crippen molar-refractivity contribution in [2.24, 2.45) is 11.3 Å². The standard InChI is InChI=1S/C24H31FN2O4/c1-16-4-3-11-26(14-16)22(29)13-24(23(30)31-2)20-10-9-19(12-21(24)28)27(20)15-17-5-7-18(25)8-6-17/h5-8,16,19-20H,3-4,9-15H2,1-2H3/t16-,19+,20+,24+/m0/s1. The van der Waals surface area contributed by atoms with Gasteiger partial charge in [0.25, 0.3) is 0 Å². The molecule has 31 heavy (non-hydrogen) atoms. The van der Waals surface area contributed by atoms with Gasteiger partial charge in [-0.1, -0.05) is 19.1 Å². The number of methoxy groups -OCH3 is 1. The maximum atomic E-state index is 13.4. The van der Waals surface area contributed by atoms with Crippen molar-refractivity contribution in [1.82, 2.24) is 9.80 Å². The predicted molar refractivity (Wildman–Crippen MR) is 112 cm³/mol. The zero-order valence-electron chi connectivity index (χ0n) is 18.3. The molecule has 6 nitrogen and oxygen atoms in total. The van der Waals surface area contributed by atoms with Crippen molar-refractivity contribution in [3.63, 3.8) is 0 Å². The number of carbonyl (C=O) groups excluding carboxylic acids is 3. The second-order valence-corrected chi connectivity index (χ2v) is 9.40. The molecule has 4 rings (SSSR count). The molecule has 3 saturated heterocycles. The van der Waals surface area contributed by atoms with E-state index < -0.39 is 11.4 Å². The Labute approximate surface area is 182 Å². The van der Waals surface area contributed by atoms with Gasteiger partial charge >= 0.3 is 5.97 Å². The fourth-order valence-corrected chi connectivity index (χ4v) is 5.79. The number of Topliss-reactive ketones (excluding diaryl/α,β-unsaturated/α-hetero) is 1. The van der Waals surface area contributed by atoms with E-state index in [1.165, 1.54) is 19.2 Å². The number of ketones is 1. The highest BCUT2D eigenvalue weighted by molar-refractivity contribution is 6.08. The number of hydrogen-bond acceptors (Lipinski definition) is 5. The highest BCUT2D eigenvalue weighted by Gasteiger charge is 2.62. The van der Waals surface area contributed by atoms with Gasteiger partial charge in [-0.2, -0.15) is 0 Å². The normalized spacial score (nSPS) is 31.0. The number of amides is 1. The van der Waals surface area contributed by atoms with Crippen molar-refractivity contribution >= 4 is 17.7 Å². The minimum atomic E-state index is -1.47. The zero-order valence-corrected chi connectivity index (χ0v) is 18.3. The number of rotatable bonds is 5. The van der Waals surface area contributed by atoms with Crippen molar-refractivity contribution in [2.45, 2.75) is 64.1 Å². The molecule has 3 fully saturated rings. The summed E-state index contributed by atoms with van der Waals surface area (Å²) in [5.74, 6) is -0.811. The fraction of sp³-hybridized carbons (Fsp3) is 0.625. The summed E-state index contributed by atoms with van der Waals surface area (Å²) >= 11 is 0. The summed E-state index contributed by atoms with van der Waals surface area (Å²) in [4.78, 5) is 43.7. The summed E-state index contributed by atoms with van der Waals surface area (Å²) in [6, 6.07) is 5.94. The first-order valence-electron chi connectivity index (χ1n) is 11.2. The van der Waals surface area contributed by atoms with Gasteiger partial charge < -0.3 is 9.64 Å². The summed E-state index contributed by atoms with van der Waals surface area (Å²) in [6.45, 7) is 3.96. The number of nitrogens with zero attached hydrogens (tertiary/aromatic N) is 2. The maximum absolute atomic E-state index is 13.4. The van der Waals surface area contributed by atoms with Crippen LogP contribution in [0.2, 0.25) is 0 Å². The van der Waals surface area contributed by atoms with Gasteiger partial charge in [-0.05, 0) is 49.3 Å². The van der Waals surface area contributed by atoms with Gasteiger partial charge in [-0.15, -0.1) is 0 Å². The predicted octanol–water partition coefficient (Wildman–Crippen LogP) is 2.94. The molecule has 0 saturated carbocycles. The van der Waals surface area contributed by atoms with Crippen LogP contribution in [-0.2, 0) is 25.7 Å². The van der Waals surface area contributed by atoms with Gasteiger partial charge in [0.05, 0.1) is 13.5 Å².